The number of para-hydroxylation sites is 1. The van der Waals surface area contributed by atoms with Crippen LogP contribution in [0.2, 0.25) is 0 Å². The molecule has 9 heteroatoms. The van der Waals surface area contributed by atoms with Gasteiger partial charge in [-0.15, -0.1) is 0 Å². The zero-order valence-electron chi connectivity index (χ0n) is 18.3. The Bertz CT molecular complexity index is 1100. The molecule has 0 aliphatic carbocycles. The summed E-state index contributed by atoms with van der Waals surface area (Å²) >= 11 is 0. The lowest BCUT2D eigenvalue weighted by molar-refractivity contribution is -0.140. The smallest absolute Gasteiger partial charge is 0.327 e. The van der Waals surface area contributed by atoms with Gasteiger partial charge in [-0.3, -0.25) is 19.3 Å². The molecule has 3 N–H and O–H groups in total. The van der Waals surface area contributed by atoms with Crippen molar-refractivity contribution in [2.75, 3.05) is 11.5 Å². The van der Waals surface area contributed by atoms with Gasteiger partial charge in [0.15, 0.2) is 0 Å². The van der Waals surface area contributed by atoms with E-state index >= 15 is 0 Å². The molecule has 3 amide bonds. The lowest BCUT2D eigenvalue weighted by atomic mass is 10.0. The predicted molar refractivity (Wildman–Crippen MR) is 119 cm³/mol. The minimum atomic E-state index is -1.13. The van der Waals surface area contributed by atoms with Crippen LogP contribution in [0.1, 0.15) is 29.8 Å². The lowest BCUT2D eigenvalue weighted by Gasteiger charge is -2.27. The minimum absolute atomic E-state index is 0.151. The highest BCUT2D eigenvalue weighted by Gasteiger charge is 2.45. The van der Waals surface area contributed by atoms with E-state index < -0.39 is 41.8 Å². The predicted octanol–water partition coefficient (Wildman–Crippen LogP) is 1.36. The number of nitrogens with one attached hydrogen (secondary N) is 2. The number of rotatable bonds is 6. The van der Waals surface area contributed by atoms with E-state index in [0.717, 1.165) is 0 Å². The Balaban J connectivity index is 1.54. The molecule has 2 aromatic carbocycles. The summed E-state index contributed by atoms with van der Waals surface area (Å²) in [6, 6.07) is 10.6. The third-order valence-corrected chi connectivity index (χ3v) is 5.86. The van der Waals surface area contributed by atoms with Gasteiger partial charge in [0.25, 0.3) is 11.8 Å². The Morgan fingerprint density at radius 3 is 2.48 bits per heavy atom. The summed E-state index contributed by atoms with van der Waals surface area (Å²) in [5.41, 5.74) is 1.55. The number of carboxylic acid groups (broad SMARTS) is 1. The molecule has 2 aliphatic rings. The Hall–Kier alpha value is -3.88. The molecule has 0 radical (unpaired) electrons. The number of hydrogen-bond acceptors (Lipinski definition) is 5. The molecule has 4 rings (SSSR count). The van der Waals surface area contributed by atoms with Crippen LogP contribution in [0.5, 0.6) is 5.75 Å². The Labute approximate surface area is 190 Å². The fraction of sp³-hybridized carbons (Fsp3) is 0.333. The fourth-order valence-corrected chi connectivity index (χ4v) is 4.17. The molecule has 0 saturated heterocycles. The molecular weight excluding hydrogens is 426 g/mol. The third-order valence-electron chi connectivity index (χ3n) is 5.86. The third kappa shape index (κ3) is 4.26. The van der Waals surface area contributed by atoms with Crippen molar-refractivity contribution < 1.29 is 29.0 Å². The molecule has 0 spiro atoms. The maximum atomic E-state index is 13.3. The standard InChI is InChI=1S/C24H25N3O6/c1-13(2)19(26-21(28)14-7-4-3-5-8-14)22(29)25-16-12-33-18-10-6-9-15-11-17(24(31)32)27(20(15)18)23(16)30/h3-10,13,16-17,19H,11-12H2,1-2H3,(H,25,29)(H,26,28)(H,31,32)/t16-,17?,19-/m0/s1. The normalized spacial score (nSPS) is 19.8. The van der Waals surface area contributed by atoms with Crippen LogP contribution < -0.4 is 20.3 Å². The molecule has 1 unspecified atom stereocenters. The number of benzene rings is 2. The molecular formula is C24H25N3O6. The molecule has 0 aromatic heterocycles. The summed E-state index contributed by atoms with van der Waals surface area (Å²) in [7, 11) is 0. The molecule has 2 heterocycles. The van der Waals surface area contributed by atoms with Gasteiger partial charge >= 0.3 is 5.97 Å². The van der Waals surface area contributed by atoms with Gasteiger partial charge in [0.2, 0.25) is 5.91 Å². The average molecular weight is 451 g/mol. The van der Waals surface area contributed by atoms with Crippen LogP contribution in [-0.2, 0) is 20.8 Å². The number of hydrogen-bond donors (Lipinski definition) is 3. The van der Waals surface area contributed by atoms with Crippen molar-refractivity contribution >= 4 is 29.4 Å². The van der Waals surface area contributed by atoms with E-state index in [2.05, 4.69) is 10.6 Å². The average Bonchev–Trinajstić information content (AvgIpc) is 3.14. The maximum Gasteiger partial charge on any atom is 0.327 e. The first kappa shape index (κ1) is 22.3. The molecule has 9 nitrogen and oxygen atoms in total. The van der Waals surface area contributed by atoms with Gasteiger partial charge in [-0.25, -0.2) is 4.79 Å². The van der Waals surface area contributed by atoms with Crippen LogP contribution in [0, 0.1) is 5.92 Å². The van der Waals surface area contributed by atoms with E-state index in [9.17, 15) is 24.3 Å². The summed E-state index contributed by atoms with van der Waals surface area (Å²) in [5, 5.41) is 15.1. The van der Waals surface area contributed by atoms with Crippen LogP contribution >= 0.6 is 0 Å². The van der Waals surface area contributed by atoms with Gasteiger partial charge in [-0.05, 0) is 29.7 Å². The molecule has 0 bridgehead atoms. The number of carboxylic acids is 1. The second-order valence-corrected chi connectivity index (χ2v) is 8.46. The molecule has 33 heavy (non-hydrogen) atoms. The van der Waals surface area contributed by atoms with Crippen molar-refractivity contribution in [3.05, 3.63) is 59.7 Å². The van der Waals surface area contributed by atoms with Crippen molar-refractivity contribution in [1.82, 2.24) is 10.6 Å². The van der Waals surface area contributed by atoms with Crippen molar-refractivity contribution in [1.29, 1.82) is 0 Å². The zero-order chi connectivity index (χ0) is 23.7. The Morgan fingerprint density at radius 1 is 1.09 bits per heavy atom. The molecule has 3 atom stereocenters. The van der Waals surface area contributed by atoms with E-state index in [-0.39, 0.29) is 18.9 Å². The van der Waals surface area contributed by atoms with Gasteiger partial charge in [-0.1, -0.05) is 44.2 Å². The van der Waals surface area contributed by atoms with Gasteiger partial charge in [0.05, 0.1) is 5.69 Å². The number of aliphatic carboxylic acids is 1. The van der Waals surface area contributed by atoms with Crippen LogP contribution in [0.4, 0.5) is 5.69 Å². The van der Waals surface area contributed by atoms with Crippen molar-refractivity contribution in [2.45, 2.75) is 38.4 Å². The zero-order valence-corrected chi connectivity index (χ0v) is 18.3. The minimum Gasteiger partial charge on any atom is -0.489 e. The van der Waals surface area contributed by atoms with Crippen LogP contribution in [0.15, 0.2) is 48.5 Å². The van der Waals surface area contributed by atoms with E-state index in [1.165, 1.54) is 4.90 Å². The second-order valence-electron chi connectivity index (χ2n) is 8.46. The number of amides is 3. The first-order valence-corrected chi connectivity index (χ1v) is 10.7. The van der Waals surface area contributed by atoms with Crippen molar-refractivity contribution in [3.8, 4) is 5.75 Å². The van der Waals surface area contributed by atoms with E-state index in [1.807, 2.05) is 0 Å². The summed E-state index contributed by atoms with van der Waals surface area (Å²) in [6.45, 7) is 3.41. The molecule has 0 fully saturated rings. The summed E-state index contributed by atoms with van der Waals surface area (Å²) < 4.78 is 5.78. The summed E-state index contributed by atoms with van der Waals surface area (Å²) in [5.74, 6) is -2.51. The molecule has 2 aromatic rings. The first-order chi connectivity index (χ1) is 15.8. The van der Waals surface area contributed by atoms with E-state index in [4.69, 9.17) is 4.74 Å². The number of nitrogens with zero attached hydrogens (tertiary/aromatic N) is 1. The molecule has 172 valence electrons. The van der Waals surface area contributed by atoms with Crippen LogP contribution in [0.3, 0.4) is 0 Å². The number of ether oxygens (including phenoxy) is 1. The van der Waals surface area contributed by atoms with E-state index in [0.29, 0.717) is 22.6 Å². The number of anilines is 1. The van der Waals surface area contributed by atoms with Crippen LogP contribution in [0.25, 0.3) is 0 Å². The largest absolute Gasteiger partial charge is 0.489 e. The highest BCUT2D eigenvalue weighted by atomic mass is 16.5. The Morgan fingerprint density at radius 2 is 1.82 bits per heavy atom. The quantitative estimate of drug-likeness (QED) is 0.609. The molecule has 0 saturated carbocycles. The molecule has 2 aliphatic heterocycles. The summed E-state index contributed by atoms with van der Waals surface area (Å²) in [4.78, 5) is 52.1. The maximum absolute atomic E-state index is 13.3. The monoisotopic (exact) mass is 451 g/mol. The second kappa shape index (κ2) is 8.93. The fourth-order valence-electron chi connectivity index (χ4n) is 4.17. The van der Waals surface area contributed by atoms with Gasteiger partial charge < -0.3 is 20.5 Å². The van der Waals surface area contributed by atoms with Gasteiger partial charge in [0.1, 0.15) is 30.5 Å². The van der Waals surface area contributed by atoms with Crippen molar-refractivity contribution in [2.24, 2.45) is 5.92 Å². The topological polar surface area (TPSA) is 125 Å². The summed E-state index contributed by atoms with van der Waals surface area (Å²) in [6.07, 6.45) is 0.163. The SMILES string of the molecule is CC(C)[C@H](NC(=O)c1ccccc1)C(=O)N[C@H]1COc2cccc3c2N(C1=O)C(C(=O)O)C3. The van der Waals surface area contributed by atoms with Crippen LogP contribution in [-0.4, -0.2) is 53.5 Å². The number of carbonyl (C=O) groups excluding carboxylic acids is 3. The van der Waals surface area contributed by atoms with E-state index in [1.54, 1.807) is 62.4 Å². The first-order valence-electron chi connectivity index (χ1n) is 10.7. The highest BCUT2D eigenvalue weighted by molar-refractivity contribution is 6.07. The lowest BCUT2D eigenvalue weighted by Crippen LogP contribution is -2.58. The van der Waals surface area contributed by atoms with Gasteiger partial charge in [0, 0.05) is 12.0 Å². The highest BCUT2D eigenvalue weighted by Crippen LogP contribution is 2.42. The van der Waals surface area contributed by atoms with Crippen molar-refractivity contribution in [3.63, 3.8) is 0 Å². The number of carbonyl (C=O) groups is 4. The van der Waals surface area contributed by atoms with Gasteiger partial charge in [-0.2, -0.15) is 0 Å². The Kier molecular flexibility index (Phi) is 6.04.